The first kappa shape index (κ1) is 12.3. The normalized spacial score (nSPS) is 10.7. The number of ether oxygens (including phenoxy) is 1. The number of fused-ring (bicyclic) bond motifs is 1. The number of rotatable bonds is 2. The Morgan fingerprint density at radius 2 is 1.95 bits per heavy atom. The van der Waals surface area contributed by atoms with Gasteiger partial charge in [-0.1, -0.05) is 12.1 Å². The summed E-state index contributed by atoms with van der Waals surface area (Å²) in [6, 6.07) is 13.4. The fraction of sp³-hybridized carbons (Fsp3) is 0.0625. The van der Waals surface area contributed by atoms with Crippen molar-refractivity contribution in [2.24, 2.45) is 0 Å². The van der Waals surface area contributed by atoms with Crippen LogP contribution in [0, 0.1) is 0 Å². The number of methoxy groups -OCH3 is 1. The Bertz CT molecular complexity index is 833. The molecule has 100 valence electrons. The summed E-state index contributed by atoms with van der Waals surface area (Å²) in [6.45, 7) is 0. The molecule has 0 saturated heterocycles. The molecular weight excluding hydrogens is 256 g/mol. The average Bonchev–Trinajstić information content (AvgIpc) is 2.46. The fourth-order valence-corrected chi connectivity index (χ4v) is 2.08. The lowest BCUT2D eigenvalue weighted by molar-refractivity contribution is 0.414. The molecular formula is C16H13O4+. The zero-order valence-electron chi connectivity index (χ0n) is 10.8. The Labute approximate surface area is 114 Å². The molecule has 20 heavy (non-hydrogen) atoms. The highest BCUT2D eigenvalue weighted by Gasteiger charge is 2.11. The number of benzene rings is 2. The predicted octanol–water partition coefficient (Wildman–Crippen LogP) is 2.82. The van der Waals surface area contributed by atoms with Gasteiger partial charge in [-0.3, -0.25) is 4.79 Å². The van der Waals surface area contributed by atoms with Crippen molar-refractivity contribution in [3.05, 3.63) is 54.0 Å². The first-order valence-electron chi connectivity index (χ1n) is 6.10. The third kappa shape index (κ3) is 2.12. The molecule has 0 spiro atoms. The Morgan fingerprint density at radius 1 is 1.10 bits per heavy atom. The zero-order valence-corrected chi connectivity index (χ0v) is 10.8. The molecule has 0 saturated carbocycles. The smallest absolute Gasteiger partial charge is 0.354 e. The second kappa shape index (κ2) is 4.74. The predicted molar refractivity (Wildman–Crippen MR) is 74.9 cm³/mol. The number of phenols is 1. The van der Waals surface area contributed by atoms with E-state index in [0.29, 0.717) is 28.0 Å². The van der Waals surface area contributed by atoms with Gasteiger partial charge in [0.2, 0.25) is 0 Å². The molecule has 0 atom stereocenters. The van der Waals surface area contributed by atoms with Gasteiger partial charge >= 0.3 is 5.43 Å². The summed E-state index contributed by atoms with van der Waals surface area (Å²) in [5, 5.41) is 10.1. The number of aromatic hydroxyl groups is 1. The molecule has 3 aromatic rings. The molecule has 2 aromatic carbocycles. The van der Waals surface area contributed by atoms with Crippen molar-refractivity contribution in [3.8, 4) is 22.8 Å². The molecule has 3 rings (SSSR count). The highest BCUT2D eigenvalue weighted by molar-refractivity contribution is 5.79. The topological polar surface area (TPSA) is 64.0 Å². The molecule has 0 unspecified atom stereocenters. The molecule has 0 bridgehead atoms. The van der Waals surface area contributed by atoms with E-state index in [4.69, 9.17) is 9.15 Å². The highest BCUT2D eigenvalue weighted by atomic mass is 16.5. The zero-order chi connectivity index (χ0) is 14.1. The van der Waals surface area contributed by atoms with Crippen LogP contribution in [0.15, 0.2) is 52.9 Å². The van der Waals surface area contributed by atoms with Gasteiger partial charge in [-0.05, 0) is 24.3 Å². The van der Waals surface area contributed by atoms with Crippen molar-refractivity contribution in [1.82, 2.24) is 0 Å². The summed E-state index contributed by atoms with van der Waals surface area (Å²) in [5.74, 6) is 1.26. The van der Waals surface area contributed by atoms with Gasteiger partial charge in [0.25, 0.3) is 0 Å². The molecule has 0 amide bonds. The number of hydrogen-bond acceptors (Lipinski definition) is 3. The van der Waals surface area contributed by atoms with E-state index in [1.165, 1.54) is 6.07 Å². The molecule has 2 N–H and O–H groups in total. The lowest BCUT2D eigenvalue weighted by atomic mass is 10.1. The summed E-state index contributed by atoms with van der Waals surface area (Å²) in [7, 11) is 1.57. The standard InChI is InChI=1S/C16H12O4/c1-19-12-5-6-13-14(18)9-15(20-16(13)8-12)10-3-2-4-11(17)7-10/h2-9,17H,1H3/p+1. The van der Waals surface area contributed by atoms with Gasteiger partial charge < -0.3 is 14.3 Å². The maximum absolute atomic E-state index is 10.1. The molecule has 4 heteroatoms. The van der Waals surface area contributed by atoms with E-state index in [1.807, 2.05) is 0 Å². The van der Waals surface area contributed by atoms with E-state index >= 15 is 0 Å². The van der Waals surface area contributed by atoms with Crippen LogP contribution in [0.4, 0.5) is 0 Å². The average molecular weight is 269 g/mol. The number of phenolic OH excluding ortho intramolecular Hbond substituents is 1. The van der Waals surface area contributed by atoms with Gasteiger partial charge in [-0.15, -0.1) is 0 Å². The lowest BCUT2D eigenvalue weighted by Crippen LogP contribution is -2.02. The molecule has 0 fully saturated rings. The molecule has 1 heterocycles. The Balaban J connectivity index is 2.25. The summed E-state index contributed by atoms with van der Waals surface area (Å²) < 4.78 is 10.9. The van der Waals surface area contributed by atoms with Gasteiger partial charge in [0, 0.05) is 11.6 Å². The van der Waals surface area contributed by atoms with Crippen molar-refractivity contribution in [1.29, 1.82) is 0 Å². The van der Waals surface area contributed by atoms with Crippen molar-refractivity contribution in [3.63, 3.8) is 0 Å². The van der Waals surface area contributed by atoms with Crippen LogP contribution in [-0.4, -0.2) is 17.0 Å². The molecule has 0 aliphatic heterocycles. The Morgan fingerprint density at radius 3 is 2.70 bits per heavy atom. The first-order valence-corrected chi connectivity index (χ1v) is 6.10. The third-order valence-corrected chi connectivity index (χ3v) is 3.08. The fourth-order valence-electron chi connectivity index (χ4n) is 2.08. The second-order valence-corrected chi connectivity index (χ2v) is 4.41. The minimum Gasteiger partial charge on any atom is -0.508 e. The van der Waals surface area contributed by atoms with E-state index in [9.17, 15) is 9.90 Å². The van der Waals surface area contributed by atoms with Gasteiger partial charge in [0.1, 0.15) is 28.2 Å². The third-order valence-electron chi connectivity index (χ3n) is 3.08. The first-order chi connectivity index (χ1) is 9.67. The van der Waals surface area contributed by atoms with Crippen LogP contribution < -0.4 is 10.2 Å². The van der Waals surface area contributed by atoms with Crippen LogP contribution in [0.25, 0.3) is 22.3 Å². The van der Waals surface area contributed by atoms with E-state index in [2.05, 4.69) is 0 Å². The van der Waals surface area contributed by atoms with Crippen molar-refractivity contribution >= 4 is 11.0 Å². The van der Waals surface area contributed by atoms with Crippen LogP contribution in [0.2, 0.25) is 0 Å². The lowest BCUT2D eigenvalue weighted by Gasteiger charge is -2.04. The van der Waals surface area contributed by atoms with Gasteiger partial charge in [-0.25, -0.2) is 0 Å². The SMILES string of the molecule is COc1ccc2c(=[OH+])cc(-c3cccc(O)c3)oc2c1. The summed E-state index contributed by atoms with van der Waals surface area (Å²) >= 11 is 0. The van der Waals surface area contributed by atoms with Crippen molar-refractivity contribution < 1.29 is 19.1 Å². The van der Waals surface area contributed by atoms with Gasteiger partial charge in [-0.2, -0.15) is 0 Å². The van der Waals surface area contributed by atoms with Crippen LogP contribution >= 0.6 is 0 Å². The molecule has 0 aliphatic rings. The van der Waals surface area contributed by atoms with Gasteiger partial charge in [0.05, 0.1) is 13.2 Å². The van der Waals surface area contributed by atoms with Crippen molar-refractivity contribution in [2.75, 3.05) is 7.11 Å². The van der Waals surface area contributed by atoms with E-state index in [0.717, 1.165) is 0 Å². The maximum atomic E-state index is 10.1. The highest BCUT2D eigenvalue weighted by Crippen LogP contribution is 2.26. The second-order valence-electron chi connectivity index (χ2n) is 4.41. The minimum atomic E-state index is 0.118. The summed E-state index contributed by atoms with van der Waals surface area (Å²) in [6.07, 6.45) is 0. The molecule has 1 aromatic heterocycles. The Hall–Kier alpha value is -2.75. The van der Waals surface area contributed by atoms with Crippen LogP contribution in [-0.2, 0) is 0 Å². The van der Waals surface area contributed by atoms with Gasteiger partial charge in [0.15, 0.2) is 0 Å². The molecule has 4 nitrogen and oxygen atoms in total. The van der Waals surface area contributed by atoms with Crippen LogP contribution in [0.1, 0.15) is 0 Å². The summed E-state index contributed by atoms with van der Waals surface area (Å²) in [4.78, 5) is 10.1. The van der Waals surface area contributed by atoms with Crippen LogP contribution in [0.5, 0.6) is 11.5 Å². The van der Waals surface area contributed by atoms with E-state index in [1.54, 1.807) is 49.6 Å². The van der Waals surface area contributed by atoms with E-state index in [-0.39, 0.29) is 11.2 Å². The van der Waals surface area contributed by atoms with E-state index < -0.39 is 0 Å². The maximum Gasteiger partial charge on any atom is 0.354 e. The minimum absolute atomic E-state index is 0.118. The quantitative estimate of drug-likeness (QED) is 0.727. The molecule has 0 radical (unpaired) electrons. The Kier molecular flexibility index (Phi) is 2.91. The van der Waals surface area contributed by atoms with Crippen LogP contribution in [0.3, 0.4) is 0 Å². The summed E-state index contributed by atoms with van der Waals surface area (Å²) in [5.41, 5.74) is 1.32. The molecule has 0 aliphatic carbocycles. The monoisotopic (exact) mass is 269 g/mol. The van der Waals surface area contributed by atoms with Crippen molar-refractivity contribution in [2.45, 2.75) is 0 Å². The largest absolute Gasteiger partial charge is 0.508 e. The number of hydrogen-bond donors (Lipinski definition) is 1.